The Hall–Kier alpha value is -2.84. The summed E-state index contributed by atoms with van der Waals surface area (Å²) in [6.07, 6.45) is 2.16. The summed E-state index contributed by atoms with van der Waals surface area (Å²) >= 11 is 1.38. The van der Waals surface area contributed by atoms with Gasteiger partial charge in [0.1, 0.15) is 12.4 Å². The van der Waals surface area contributed by atoms with Crippen LogP contribution in [0.5, 0.6) is 0 Å². The number of fused-ring (bicyclic) bond motifs is 3. The van der Waals surface area contributed by atoms with E-state index in [-0.39, 0.29) is 11.7 Å². The smallest absolute Gasteiger partial charge is 0.410 e. The quantitative estimate of drug-likeness (QED) is 0.278. The van der Waals surface area contributed by atoms with Crippen LogP contribution in [-0.2, 0) is 11.2 Å². The number of rotatable bonds is 7. The number of piperidine rings is 3. The van der Waals surface area contributed by atoms with Crippen molar-refractivity contribution in [2.45, 2.75) is 31.4 Å². The van der Waals surface area contributed by atoms with Crippen LogP contribution in [0.25, 0.3) is 0 Å². The van der Waals surface area contributed by atoms with E-state index in [1.165, 1.54) is 28.8 Å². The molecular weight excluding hydrogens is 485 g/mol. The van der Waals surface area contributed by atoms with E-state index in [9.17, 15) is 18.0 Å². The second kappa shape index (κ2) is 10.3. The van der Waals surface area contributed by atoms with E-state index < -0.39 is 29.6 Å². The van der Waals surface area contributed by atoms with Gasteiger partial charge in [-0.3, -0.25) is 4.90 Å². The Balaban J connectivity index is 1.32. The molecule has 3 aliphatic heterocycles. The highest BCUT2D eigenvalue weighted by Crippen LogP contribution is 2.37. The molecule has 4 heterocycles. The molecule has 2 bridgehead atoms. The van der Waals surface area contributed by atoms with Gasteiger partial charge in [0.2, 0.25) is 0 Å². The average Bonchev–Trinajstić information content (AvgIpc) is 3.42. The van der Waals surface area contributed by atoms with Crippen molar-refractivity contribution >= 4 is 17.4 Å². The minimum absolute atomic E-state index is 0.105. The first kappa shape index (κ1) is 24.8. The average molecular weight is 516 g/mol. The van der Waals surface area contributed by atoms with E-state index in [0.717, 1.165) is 56.0 Å². The summed E-state index contributed by atoms with van der Waals surface area (Å²) in [7, 11) is 1.52. The van der Waals surface area contributed by atoms with Crippen molar-refractivity contribution in [2.24, 2.45) is 5.92 Å². The van der Waals surface area contributed by atoms with Gasteiger partial charge in [0.25, 0.3) is 0 Å². The molecule has 3 fully saturated rings. The summed E-state index contributed by atoms with van der Waals surface area (Å²) in [4.78, 5) is 14.6. The van der Waals surface area contributed by atoms with Gasteiger partial charge in [-0.2, -0.15) is 11.3 Å². The van der Waals surface area contributed by atoms with Crippen molar-refractivity contribution in [3.8, 4) is 0 Å². The molecule has 0 aliphatic carbocycles. The molecule has 190 valence electrons. The highest BCUT2D eigenvalue weighted by molar-refractivity contribution is 7.08. The molecule has 2 atom stereocenters. The molecule has 36 heavy (non-hydrogen) atoms. The predicted molar refractivity (Wildman–Crippen MR) is 133 cm³/mol. The lowest BCUT2D eigenvalue weighted by Gasteiger charge is -2.52. The maximum absolute atomic E-state index is 14.8. The van der Waals surface area contributed by atoms with Gasteiger partial charge >= 0.3 is 6.09 Å². The van der Waals surface area contributed by atoms with Crippen molar-refractivity contribution in [3.05, 3.63) is 93.4 Å². The normalized spacial score (nSPS) is 23.9. The van der Waals surface area contributed by atoms with Crippen molar-refractivity contribution in [1.82, 2.24) is 4.90 Å². The van der Waals surface area contributed by atoms with Crippen molar-refractivity contribution in [1.29, 1.82) is 0 Å². The molecule has 3 saturated heterocycles. The molecule has 1 aromatic heterocycles. The zero-order valence-corrected chi connectivity index (χ0v) is 21.0. The topological polar surface area (TPSA) is 29.5 Å². The van der Waals surface area contributed by atoms with Crippen LogP contribution in [-0.4, -0.2) is 54.8 Å². The van der Waals surface area contributed by atoms with E-state index in [1.807, 2.05) is 6.07 Å². The van der Waals surface area contributed by atoms with Gasteiger partial charge < -0.3 is 9.22 Å². The van der Waals surface area contributed by atoms with Crippen LogP contribution < -0.4 is 0 Å². The molecule has 0 spiro atoms. The van der Waals surface area contributed by atoms with Crippen LogP contribution in [0.2, 0.25) is 0 Å². The first-order valence-corrected chi connectivity index (χ1v) is 13.3. The zero-order valence-electron chi connectivity index (χ0n) is 20.2. The molecule has 1 unspecified atom stereocenters. The number of nitrogens with zero attached hydrogens (tertiary/aromatic N) is 2. The van der Waals surface area contributed by atoms with Gasteiger partial charge in [-0.25, -0.2) is 18.0 Å². The maximum Gasteiger partial charge on any atom is 0.410 e. The Bertz CT molecular complexity index is 1200. The maximum atomic E-state index is 14.8. The summed E-state index contributed by atoms with van der Waals surface area (Å²) in [5.41, 5.74) is 1.81. The van der Waals surface area contributed by atoms with Crippen LogP contribution >= 0.6 is 11.3 Å². The Morgan fingerprint density at radius 2 is 1.81 bits per heavy atom. The first-order chi connectivity index (χ1) is 17.3. The van der Waals surface area contributed by atoms with Gasteiger partial charge in [-0.1, -0.05) is 30.3 Å². The summed E-state index contributed by atoms with van der Waals surface area (Å²) in [5.74, 6) is -3.02. The van der Waals surface area contributed by atoms with Crippen molar-refractivity contribution < 1.29 is 27.2 Å². The van der Waals surface area contributed by atoms with Crippen LogP contribution in [0.4, 0.5) is 18.0 Å². The molecule has 0 saturated carbocycles. The SMILES string of the molecule is CN(C(=O)O[C@H]1C[N+]2(CCc3ccccc3)CCC1CC2)C(c1ccsc1)c1cc(F)c(F)cc1F. The number of quaternary nitrogens is 1. The third-order valence-corrected chi connectivity index (χ3v) is 8.58. The Kier molecular flexibility index (Phi) is 7.08. The fourth-order valence-corrected chi connectivity index (χ4v) is 6.47. The fourth-order valence-electron chi connectivity index (χ4n) is 5.79. The summed E-state index contributed by atoms with van der Waals surface area (Å²) < 4.78 is 49.4. The molecule has 4 nitrogen and oxygen atoms in total. The Labute approximate surface area is 213 Å². The Morgan fingerprint density at radius 1 is 1.08 bits per heavy atom. The van der Waals surface area contributed by atoms with Crippen LogP contribution in [0.3, 0.4) is 0 Å². The van der Waals surface area contributed by atoms with Crippen LogP contribution in [0, 0.1) is 23.4 Å². The standard InChI is InChI=1S/C28H30F3N2O2S/c1-32(27(21-10-14-36-18-21)22-15-24(30)25(31)16-23(22)29)28(34)35-26-17-33(12-8-20(26)9-13-33)11-7-19-5-3-2-4-6-19/h2-6,10,14-16,18,20,26-27H,7-9,11-13,17H2,1H3/q+1/t20?,26-,27?,33?/m0/s1. The van der Waals surface area contributed by atoms with Gasteiger partial charge in [0.05, 0.1) is 25.7 Å². The van der Waals surface area contributed by atoms with Gasteiger partial charge in [0.15, 0.2) is 17.7 Å². The second-order valence-corrected chi connectivity index (χ2v) is 10.8. The molecule has 1 amide bonds. The molecule has 2 aromatic carbocycles. The Morgan fingerprint density at radius 3 is 2.50 bits per heavy atom. The van der Waals surface area contributed by atoms with E-state index in [4.69, 9.17) is 4.74 Å². The molecular formula is C28H30F3N2O2S+. The number of benzene rings is 2. The number of thiophene rings is 1. The van der Waals surface area contributed by atoms with Gasteiger partial charge in [-0.05, 0) is 34.0 Å². The number of amides is 1. The lowest BCUT2D eigenvalue weighted by Crippen LogP contribution is -2.65. The first-order valence-electron chi connectivity index (χ1n) is 12.3. The summed E-state index contributed by atoms with van der Waals surface area (Å²) in [6.45, 7) is 3.93. The monoisotopic (exact) mass is 515 g/mol. The number of carbonyl (C=O) groups excluding carboxylic acids is 1. The van der Waals surface area contributed by atoms with Crippen LogP contribution in [0.15, 0.2) is 59.3 Å². The lowest BCUT2D eigenvalue weighted by atomic mass is 9.83. The van der Waals surface area contributed by atoms with E-state index in [2.05, 4.69) is 24.3 Å². The third kappa shape index (κ3) is 5.02. The highest BCUT2D eigenvalue weighted by Gasteiger charge is 2.48. The molecule has 3 aliphatic rings. The number of hydrogen-bond donors (Lipinski definition) is 0. The lowest BCUT2D eigenvalue weighted by molar-refractivity contribution is -0.946. The van der Waals surface area contributed by atoms with Crippen molar-refractivity contribution in [3.63, 3.8) is 0 Å². The summed E-state index contributed by atoms with van der Waals surface area (Å²) in [6, 6.07) is 12.6. The van der Waals surface area contributed by atoms with Gasteiger partial charge in [-0.15, -0.1) is 0 Å². The zero-order chi connectivity index (χ0) is 25.3. The number of carbonyl (C=O) groups is 1. The molecule has 8 heteroatoms. The number of ether oxygens (including phenoxy) is 1. The molecule has 6 rings (SSSR count). The van der Waals surface area contributed by atoms with Crippen LogP contribution in [0.1, 0.15) is 35.6 Å². The number of hydrogen-bond acceptors (Lipinski definition) is 3. The summed E-state index contributed by atoms with van der Waals surface area (Å²) in [5, 5.41) is 3.57. The van der Waals surface area contributed by atoms with E-state index in [1.54, 1.807) is 16.8 Å². The highest BCUT2D eigenvalue weighted by atomic mass is 32.1. The second-order valence-electron chi connectivity index (χ2n) is 10.0. The van der Waals surface area contributed by atoms with Crippen molar-refractivity contribution in [2.75, 3.05) is 33.2 Å². The minimum Gasteiger partial charge on any atom is -0.440 e. The molecule has 0 N–H and O–H groups in total. The third-order valence-electron chi connectivity index (χ3n) is 7.88. The number of halogens is 3. The minimum atomic E-state index is -1.26. The van der Waals surface area contributed by atoms with E-state index >= 15 is 0 Å². The van der Waals surface area contributed by atoms with E-state index in [0.29, 0.717) is 17.5 Å². The molecule has 0 radical (unpaired) electrons. The fraction of sp³-hybridized carbons (Fsp3) is 0.393. The molecule has 3 aromatic rings. The largest absolute Gasteiger partial charge is 0.440 e. The predicted octanol–water partition coefficient (Wildman–Crippen LogP) is 6.17. The van der Waals surface area contributed by atoms with Gasteiger partial charge in [0, 0.05) is 43.9 Å².